The SMILES string of the molecule is CCC(Sc1ccc2nnc(-c3cccs3)n2n1)C(=O)N1CCCCC1F. The van der Waals surface area contributed by atoms with Gasteiger partial charge in [0.1, 0.15) is 5.03 Å². The summed E-state index contributed by atoms with van der Waals surface area (Å²) in [6, 6.07) is 7.61. The molecule has 1 saturated heterocycles. The fraction of sp³-hybridized carbons (Fsp3) is 0.444. The number of fused-ring (bicyclic) bond motifs is 1. The number of hydrogen-bond donors (Lipinski definition) is 0. The molecule has 0 aliphatic carbocycles. The molecule has 2 atom stereocenters. The molecule has 4 rings (SSSR count). The van der Waals surface area contributed by atoms with Crippen molar-refractivity contribution < 1.29 is 9.18 Å². The third-order valence-electron chi connectivity index (χ3n) is 4.60. The van der Waals surface area contributed by atoms with Gasteiger partial charge in [0, 0.05) is 6.54 Å². The first kappa shape index (κ1) is 18.4. The molecule has 0 bridgehead atoms. The van der Waals surface area contributed by atoms with Gasteiger partial charge in [0.05, 0.1) is 10.1 Å². The van der Waals surface area contributed by atoms with Crippen LogP contribution in [0.3, 0.4) is 0 Å². The maximum atomic E-state index is 14.2. The fourth-order valence-corrected chi connectivity index (χ4v) is 4.84. The molecule has 1 fully saturated rings. The van der Waals surface area contributed by atoms with E-state index in [1.54, 1.807) is 15.9 Å². The molecule has 4 heterocycles. The number of likely N-dealkylation sites (tertiary alicyclic amines) is 1. The predicted molar refractivity (Wildman–Crippen MR) is 104 cm³/mol. The average molecular weight is 406 g/mol. The summed E-state index contributed by atoms with van der Waals surface area (Å²) in [4.78, 5) is 15.2. The van der Waals surface area contributed by atoms with Crippen LogP contribution in [0.1, 0.15) is 32.6 Å². The number of nitrogens with zero attached hydrogens (tertiary/aromatic N) is 5. The number of rotatable bonds is 5. The number of alkyl halides is 1. The minimum absolute atomic E-state index is 0.140. The Kier molecular flexibility index (Phi) is 5.40. The molecule has 0 spiro atoms. The third kappa shape index (κ3) is 3.70. The van der Waals surface area contributed by atoms with E-state index in [0.29, 0.717) is 35.9 Å². The first-order valence-electron chi connectivity index (χ1n) is 9.05. The smallest absolute Gasteiger partial charge is 0.238 e. The highest BCUT2D eigenvalue weighted by atomic mass is 32.2. The van der Waals surface area contributed by atoms with E-state index in [1.165, 1.54) is 16.7 Å². The summed E-state index contributed by atoms with van der Waals surface area (Å²) in [5, 5.41) is 15.3. The second kappa shape index (κ2) is 7.93. The van der Waals surface area contributed by atoms with Crippen molar-refractivity contribution in [1.29, 1.82) is 0 Å². The van der Waals surface area contributed by atoms with Gasteiger partial charge in [-0.2, -0.15) is 9.61 Å². The second-order valence-electron chi connectivity index (χ2n) is 6.42. The molecule has 142 valence electrons. The van der Waals surface area contributed by atoms with E-state index in [-0.39, 0.29) is 11.2 Å². The van der Waals surface area contributed by atoms with Crippen LogP contribution in [0, 0.1) is 0 Å². The highest BCUT2D eigenvalue weighted by molar-refractivity contribution is 8.00. The number of hydrogen-bond acceptors (Lipinski definition) is 6. The minimum atomic E-state index is -1.17. The average Bonchev–Trinajstić information content (AvgIpc) is 3.35. The molecule has 9 heteroatoms. The normalized spacial score (nSPS) is 18.7. The molecule has 0 radical (unpaired) electrons. The van der Waals surface area contributed by atoms with Crippen molar-refractivity contribution in [1.82, 2.24) is 24.7 Å². The van der Waals surface area contributed by atoms with Crippen molar-refractivity contribution in [3.63, 3.8) is 0 Å². The Bertz CT molecular complexity index is 929. The lowest BCUT2D eigenvalue weighted by Crippen LogP contribution is -2.45. The number of thiophene rings is 1. The monoisotopic (exact) mass is 405 g/mol. The molecule has 0 saturated carbocycles. The highest BCUT2D eigenvalue weighted by Crippen LogP contribution is 2.29. The first-order valence-corrected chi connectivity index (χ1v) is 10.8. The molecule has 1 aliphatic heterocycles. The third-order valence-corrected chi connectivity index (χ3v) is 6.75. The maximum absolute atomic E-state index is 14.2. The number of carbonyl (C=O) groups excluding carboxylic acids is 1. The zero-order valence-corrected chi connectivity index (χ0v) is 16.5. The standard InChI is InChI=1S/C18H20FN5OS2/c1-2-12(18(25)23-10-4-3-7-14(23)19)27-16-9-8-15-20-21-17(24(15)22-16)13-6-5-11-26-13/h5-6,8-9,11-12,14H,2-4,7,10H2,1H3. The van der Waals surface area contributed by atoms with Gasteiger partial charge in [0.2, 0.25) is 5.91 Å². The lowest BCUT2D eigenvalue weighted by atomic mass is 10.1. The molecule has 2 unspecified atom stereocenters. The van der Waals surface area contributed by atoms with Crippen molar-refractivity contribution >= 4 is 34.7 Å². The molecular formula is C18H20FN5OS2. The van der Waals surface area contributed by atoms with Gasteiger partial charge in [-0.05, 0) is 49.3 Å². The summed E-state index contributed by atoms with van der Waals surface area (Å²) in [5.74, 6) is 0.542. The van der Waals surface area contributed by atoms with E-state index in [9.17, 15) is 9.18 Å². The van der Waals surface area contributed by atoms with E-state index >= 15 is 0 Å². The van der Waals surface area contributed by atoms with Crippen molar-refractivity contribution in [2.75, 3.05) is 6.54 Å². The Hall–Kier alpha value is -2.00. The molecule has 0 N–H and O–H groups in total. The molecule has 3 aromatic rings. The Morgan fingerprint density at radius 1 is 1.37 bits per heavy atom. The van der Waals surface area contributed by atoms with Crippen LogP contribution in [0.25, 0.3) is 16.3 Å². The summed E-state index contributed by atoms with van der Waals surface area (Å²) in [5.41, 5.74) is 0.655. The number of carbonyl (C=O) groups is 1. The van der Waals surface area contributed by atoms with Crippen LogP contribution in [-0.2, 0) is 4.79 Å². The van der Waals surface area contributed by atoms with Gasteiger partial charge < -0.3 is 4.90 Å². The molecular weight excluding hydrogens is 385 g/mol. The van der Waals surface area contributed by atoms with E-state index in [0.717, 1.165) is 17.7 Å². The lowest BCUT2D eigenvalue weighted by Gasteiger charge is -2.32. The first-order chi connectivity index (χ1) is 13.2. The van der Waals surface area contributed by atoms with Crippen LogP contribution in [0.4, 0.5) is 4.39 Å². The van der Waals surface area contributed by atoms with Crippen LogP contribution in [0.15, 0.2) is 34.7 Å². The fourth-order valence-electron chi connectivity index (χ4n) is 3.17. The van der Waals surface area contributed by atoms with Crippen LogP contribution in [0.5, 0.6) is 0 Å². The quantitative estimate of drug-likeness (QED) is 0.474. The van der Waals surface area contributed by atoms with Gasteiger partial charge >= 0.3 is 0 Å². The number of aromatic nitrogens is 4. The van der Waals surface area contributed by atoms with Crippen molar-refractivity contribution in [2.45, 2.75) is 49.2 Å². The lowest BCUT2D eigenvalue weighted by molar-refractivity contribution is -0.138. The summed E-state index contributed by atoms with van der Waals surface area (Å²) >= 11 is 2.95. The van der Waals surface area contributed by atoms with Gasteiger partial charge in [-0.1, -0.05) is 24.8 Å². The molecule has 0 aromatic carbocycles. The molecule has 27 heavy (non-hydrogen) atoms. The van der Waals surface area contributed by atoms with E-state index < -0.39 is 6.30 Å². The zero-order valence-electron chi connectivity index (χ0n) is 14.9. The van der Waals surface area contributed by atoms with Gasteiger partial charge in [0.25, 0.3) is 0 Å². The second-order valence-corrected chi connectivity index (χ2v) is 8.59. The summed E-state index contributed by atoms with van der Waals surface area (Å²) in [6.07, 6.45) is 1.59. The molecule has 1 aliphatic rings. The summed E-state index contributed by atoms with van der Waals surface area (Å²) in [7, 11) is 0. The Morgan fingerprint density at radius 2 is 2.26 bits per heavy atom. The Balaban J connectivity index is 1.58. The van der Waals surface area contributed by atoms with Crippen molar-refractivity contribution in [3.8, 4) is 10.7 Å². The van der Waals surface area contributed by atoms with Crippen LogP contribution in [0.2, 0.25) is 0 Å². The summed E-state index contributed by atoms with van der Waals surface area (Å²) in [6.45, 7) is 2.44. The van der Waals surface area contributed by atoms with Crippen molar-refractivity contribution in [2.24, 2.45) is 0 Å². The minimum Gasteiger partial charge on any atom is -0.312 e. The zero-order chi connectivity index (χ0) is 18.8. The Morgan fingerprint density at radius 3 is 3.00 bits per heavy atom. The van der Waals surface area contributed by atoms with Crippen LogP contribution in [-0.4, -0.2) is 48.7 Å². The highest BCUT2D eigenvalue weighted by Gasteiger charge is 2.31. The predicted octanol–water partition coefficient (Wildman–Crippen LogP) is 4.03. The van der Waals surface area contributed by atoms with Gasteiger partial charge in [0.15, 0.2) is 17.8 Å². The Labute approximate surface area is 164 Å². The summed E-state index contributed by atoms with van der Waals surface area (Å²) < 4.78 is 15.9. The van der Waals surface area contributed by atoms with Gasteiger partial charge in [-0.3, -0.25) is 4.79 Å². The number of amides is 1. The van der Waals surface area contributed by atoms with Crippen LogP contribution >= 0.6 is 23.1 Å². The molecule has 6 nitrogen and oxygen atoms in total. The number of piperidine rings is 1. The van der Waals surface area contributed by atoms with Crippen molar-refractivity contribution in [3.05, 3.63) is 29.6 Å². The van der Waals surface area contributed by atoms with Gasteiger partial charge in [-0.25, -0.2) is 4.39 Å². The topological polar surface area (TPSA) is 63.4 Å². The molecule has 1 amide bonds. The van der Waals surface area contributed by atoms with Gasteiger partial charge in [-0.15, -0.1) is 21.5 Å². The largest absolute Gasteiger partial charge is 0.312 e. The van der Waals surface area contributed by atoms with Crippen LogP contribution < -0.4 is 0 Å². The maximum Gasteiger partial charge on any atom is 0.238 e. The number of thioether (sulfide) groups is 1. The number of halogens is 1. The molecule has 3 aromatic heterocycles. The van der Waals surface area contributed by atoms with E-state index in [1.807, 2.05) is 36.6 Å². The van der Waals surface area contributed by atoms with E-state index in [2.05, 4.69) is 15.3 Å². The van der Waals surface area contributed by atoms with E-state index in [4.69, 9.17) is 0 Å².